The lowest BCUT2D eigenvalue weighted by Crippen LogP contribution is -2.43. The number of nitrogens with two attached hydrogens (primary N) is 1. The Balaban J connectivity index is 1.45. The van der Waals surface area contributed by atoms with Crippen LogP contribution in [0.25, 0.3) is 10.4 Å². The molecule has 2 aromatic rings. The molecule has 0 bridgehead atoms. The van der Waals surface area contributed by atoms with Gasteiger partial charge in [0.25, 0.3) is 5.69 Å². The molecule has 2 saturated carbocycles. The fourth-order valence-corrected chi connectivity index (χ4v) is 7.07. The maximum absolute atomic E-state index is 13.1. The molecule has 0 heterocycles. The molecular weight excluding hydrogens is 478 g/mol. The Labute approximate surface area is 212 Å². The molecule has 3 N–H and O–H groups in total. The van der Waals surface area contributed by atoms with Crippen LogP contribution in [0.2, 0.25) is 0 Å². The van der Waals surface area contributed by atoms with Crippen LogP contribution in [-0.4, -0.2) is 28.0 Å². The average Bonchev–Trinajstić information content (AvgIpc) is 3.17. The number of aliphatic hydroxyl groups excluding tert-OH is 1. The second-order valence-electron chi connectivity index (χ2n) is 10.5. The lowest BCUT2D eigenvalue weighted by atomic mass is 9.55. The number of nitro benzene ring substituents is 1. The van der Waals surface area contributed by atoms with Gasteiger partial charge in [0.2, 0.25) is 5.91 Å². The summed E-state index contributed by atoms with van der Waals surface area (Å²) in [6.07, 6.45) is 5.38. The van der Waals surface area contributed by atoms with E-state index in [0.29, 0.717) is 17.8 Å². The topological polar surface area (TPSA) is 182 Å². The molecule has 0 unspecified atom stereocenters. The van der Waals surface area contributed by atoms with Gasteiger partial charge in [-0.15, -0.1) is 0 Å². The average molecular weight is 506 g/mol. The van der Waals surface area contributed by atoms with Gasteiger partial charge in [-0.2, -0.15) is 0 Å². The molecule has 0 radical (unpaired) electrons. The van der Waals surface area contributed by atoms with E-state index in [0.717, 1.165) is 56.2 Å². The van der Waals surface area contributed by atoms with Crippen LogP contribution in [0.5, 0.6) is 5.75 Å². The predicted octanol–water partition coefficient (Wildman–Crippen LogP) is 5.07. The standard InChI is InChI=1S/C26H27N5O6/c1-26-11-10-16-15-5-3-14(12-13(15)2-4-17(16)18(26)6-9-21(26)32)37-25(34)23-20(31(35)36)8-7-19(29-30-28)22(23)24(27)33/h3,5,7-8,12,16-18,21,32H,2,4,6,9-11H2,1H3,(H2,27,33)/t16-,17-,18+,21+,26+/m1/s1. The molecule has 0 spiro atoms. The number of hydrogen-bond acceptors (Lipinski definition) is 7. The van der Waals surface area contributed by atoms with Gasteiger partial charge in [-0.05, 0) is 96.6 Å². The van der Waals surface area contributed by atoms with Crippen LogP contribution in [0.4, 0.5) is 11.4 Å². The third kappa shape index (κ3) is 4.00. The Morgan fingerprint density at radius 3 is 2.70 bits per heavy atom. The molecule has 11 heteroatoms. The summed E-state index contributed by atoms with van der Waals surface area (Å²) < 4.78 is 5.50. The Morgan fingerprint density at radius 1 is 1.22 bits per heavy atom. The van der Waals surface area contributed by atoms with Crippen LogP contribution in [0.3, 0.4) is 0 Å². The largest absolute Gasteiger partial charge is 0.423 e. The number of carbonyl (C=O) groups is 2. The number of azide groups is 1. The minimum absolute atomic E-state index is 0.0227. The third-order valence-electron chi connectivity index (χ3n) is 8.82. The highest BCUT2D eigenvalue weighted by atomic mass is 16.6. The van der Waals surface area contributed by atoms with Gasteiger partial charge in [0, 0.05) is 11.0 Å². The number of primary amides is 1. The minimum atomic E-state index is -1.16. The number of esters is 1. The zero-order valence-corrected chi connectivity index (χ0v) is 20.3. The van der Waals surface area contributed by atoms with Crippen molar-refractivity contribution in [3.8, 4) is 5.75 Å². The molecule has 3 aliphatic rings. The van der Waals surface area contributed by atoms with Crippen molar-refractivity contribution in [3.05, 3.63) is 73.1 Å². The predicted molar refractivity (Wildman–Crippen MR) is 132 cm³/mol. The summed E-state index contributed by atoms with van der Waals surface area (Å²) in [7, 11) is 0. The Kier molecular flexibility index (Phi) is 6.13. The summed E-state index contributed by atoms with van der Waals surface area (Å²) >= 11 is 0. The van der Waals surface area contributed by atoms with Crippen molar-refractivity contribution in [2.24, 2.45) is 28.1 Å². The van der Waals surface area contributed by atoms with Gasteiger partial charge in [0.1, 0.15) is 5.75 Å². The van der Waals surface area contributed by atoms with Crippen molar-refractivity contribution in [2.75, 3.05) is 0 Å². The Morgan fingerprint density at radius 2 is 2.00 bits per heavy atom. The SMILES string of the molecule is C[C@]12CC[C@@H]3c4ccc(OC(=O)c5c([N+](=O)[O-])ccc(N=[N+]=[N-])c5C(N)=O)cc4CC[C@H]3[C@@H]1CC[C@@H]2O. The normalized spacial score (nSPS) is 27.7. The molecule has 0 aromatic heterocycles. The van der Waals surface area contributed by atoms with Crippen LogP contribution < -0.4 is 10.5 Å². The van der Waals surface area contributed by atoms with E-state index < -0.39 is 33.6 Å². The molecule has 2 aromatic carbocycles. The number of hydrogen-bond donors (Lipinski definition) is 2. The van der Waals surface area contributed by atoms with E-state index in [2.05, 4.69) is 16.9 Å². The van der Waals surface area contributed by atoms with E-state index in [1.54, 1.807) is 12.1 Å². The van der Waals surface area contributed by atoms with Crippen LogP contribution in [-0.2, 0) is 6.42 Å². The summed E-state index contributed by atoms with van der Waals surface area (Å²) in [6, 6.07) is 7.40. The van der Waals surface area contributed by atoms with Gasteiger partial charge in [-0.25, -0.2) is 4.79 Å². The number of amides is 1. The maximum atomic E-state index is 13.1. The zero-order chi connectivity index (χ0) is 26.5. The summed E-state index contributed by atoms with van der Waals surface area (Å²) in [4.78, 5) is 38.6. The van der Waals surface area contributed by atoms with Crippen molar-refractivity contribution in [3.63, 3.8) is 0 Å². The highest BCUT2D eigenvalue weighted by Gasteiger charge is 2.54. The van der Waals surface area contributed by atoms with Gasteiger partial charge in [-0.3, -0.25) is 14.9 Å². The number of ether oxygens (including phenoxy) is 1. The zero-order valence-electron chi connectivity index (χ0n) is 20.3. The molecule has 1 amide bonds. The van der Waals surface area contributed by atoms with Gasteiger partial charge in [0.15, 0.2) is 5.56 Å². The third-order valence-corrected chi connectivity index (χ3v) is 8.82. The fraction of sp³-hybridized carbons (Fsp3) is 0.462. The maximum Gasteiger partial charge on any atom is 0.351 e. The van der Waals surface area contributed by atoms with Gasteiger partial charge >= 0.3 is 5.97 Å². The van der Waals surface area contributed by atoms with E-state index in [1.165, 1.54) is 5.56 Å². The summed E-state index contributed by atoms with van der Waals surface area (Å²) in [5.74, 6) is -0.740. The van der Waals surface area contributed by atoms with Crippen LogP contribution in [0.15, 0.2) is 35.4 Å². The van der Waals surface area contributed by atoms with Crippen molar-refractivity contribution in [2.45, 2.75) is 57.5 Å². The highest BCUT2D eigenvalue weighted by Crippen LogP contribution is 2.61. The van der Waals surface area contributed by atoms with Gasteiger partial charge < -0.3 is 15.6 Å². The van der Waals surface area contributed by atoms with Crippen molar-refractivity contribution < 1.29 is 24.4 Å². The highest BCUT2D eigenvalue weighted by molar-refractivity contribution is 6.11. The number of benzene rings is 2. The van der Waals surface area contributed by atoms with Crippen molar-refractivity contribution >= 4 is 23.3 Å². The van der Waals surface area contributed by atoms with E-state index in [4.69, 9.17) is 16.0 Å². The van der Waals surface area contributed by atoms with E-state index in [9.17, 15) is 24.8 Å². The second kappa shape index (κ2) is 9.17. The molecule has 0 aliphatic heterocycles. The van der Waals surface area contributed by atoms with E-state index in [-0.39, 0.29) is 23.0 Å². The van der Waals surface area contributed by atoms with E-state index in [1.807, 2.05) is 6.07 Å². The van der Waals surface area contributed by atoms with Crippen LogP contribution in [0, 0.1) is 27.4 Å². The quantitative estimate of drug-likeness (QED) is 0.109. The molecule has 3 aliphatic carbocycles. The molecular formula is C26H27N5O6. The number of carbonyl (C=O) groups excluding carboxylic acids is 2. The molecule has 11 nitrogen and oxygen atoms in total. The first-order valence-electron chi connectivity index (χ1n) is 12.3. The second-order valence-corrected chi connectivity index (χ2v) is 10.5. The smallest absolute Gasteiger partial charge is 0.351 e. The van der Waals surface area contributed by atoms with Gasteiger partial charge in [-0.1, -0.05) is 18.1 Å². The number of aliphatic hydroxyl groups is 1. The molecule has 5 atom stereocenters. The summed E-state index contributed by atoms with van der Waals surface area (Å²) in [6.45, 7) is 2.22. The molecule has 0 saturated heterocycles. The lowest BCUT2D eigenvalue weighted by molar-refractivity contribution is -0.385. The molecule has 37 heavy (non-hydrogen) atoms. The number of nitro groups is 1. The molecule has 5 rings (SSSR count). The van der Waals surface area contributed by atoms with Crippen molar-refractivity contribution in [1.29, 1.82) is 0 Å². The Bertz CT molecular complexity index is 1370. The van der Waals surface area contributed by atoms with Gasteiger partial charge in [0.05, 0.1) is 22.3 Å². The first-order chi connectivity index (χ1) is 17.7. The summed E-state index contributed by atoms with van der Waals surface area (Å²) in [5.41, 5.74) is 14.2. The monoisotopic (exact) mass is 505 g/mol. The lowest BCUT2D eigenvalue weighted by Gasteiger charge is -2.50. The molecule has 2 fully saturated rings. The van der Waals surface area contributed by atoms with Crippen LogP contribution in [0.1, 0.15) is 76.8 Å². The number of fused-ring (bicyclic) bond motifs is 5. The van der Waals surface area contributed by atoms with E-state index >= 15 is 0 Å². The number of aryl methyl sites for hydroxylation is 1. The fourth-order valence-electron chi connectivity index (χ4n) is 7.07. The number of rotatable bonds is 5. The number of nitrogens with zero attached hydrogens (tertiary/aromatic N) is 4. The minimum Gasteiger partial charge on any atom is -0.423 e. The molecule has 192 valence electrons. The Hall–Kier alpha value is -3.95. The first-order valence-corrected chi connectivity index (χ1v) is 12.3. The first kappa shape index (κ1) is 24.7. The van der Waals surface area contributed by atoms with Crippen molar-refractivity contribution in [1.82, 2.24) is 0 Å². The summed E-state index contributed by atoms with van der Waals surface area (Å²) in [5, 5.41) is 25.5. The van der Waals surface area contributed by atoms with Crippen LogP contribution >= 0.6 is 0 Å².